The van der Waals surface area contributed by atoms with Crippen LogP contribution in [0.15, 0.2) is 42.9 Å². The van der Waals surface area contributed by atoms with Crippen LogP contribution in [0.1, 0.15) is 18.4 Å². The summed E-state index contributed by atoms with van der Waals surface area (Å²) in [6.07, 6.45) is 5.22. The molecule has 1 aromatic heterocycles. The van der Waals surface area contributed by atoms with Crippen molar-refractivity contribution in [3.05, 3.63) is 53.4 Å². The van der Waals surface area contributed by atoms with Gasteiger partial charge in [-0.3, -0.25) is 4.79 Å². The number of piperidine rings is 1. The number of hydrogen-bond acceptors (Lipinski definition) is 4. The molecule has 0 aliphatic carbocycles. The first-order valence-corrected chi connectivity index (χ1v) is 8.04. The van der Waals surface area contributed by atoms with Crippen LogP contribution in [0.25, 0.3) is 0 Å². The summed E-state index contributed by atoms with van der Waals surface area (Å²) in [6.45, 7) is 1.33. The first-order chi connectivity index (χ1) is 11.2. The molecule has 0 radical (unpaired) electrons. The van der Waals surface area contributed by atoms with Crippen LogP contribution in [0.3, 0.4) is 0 Å². The maximum Gasteiger partial charge on any atom is 0.227 e. The average molecular weight is 332 g/mol. The van der Waals surface area contributed by atoms with Crippen molar-refractivity contribution in [3.8, 4) is 5.88 Å². The number of amides is 1. The molecule has 6 heteroatoms. The van der Waals surface area contributed by atoms with Crippen molar-refractivity contribution in [1.29, 1.82) is 0 Å². The molecule has 1 aliphatic rings. The van der Waals surface area contributed by atoms with Crippen LogP contribution in [-0.4, -0.2) is 40.0 Å². The van der Waals surface area contributed by atoms with Gasteiger partial charge in [0.15, 0.2) is 0 Å². The standard InChI is InChI=1S/C17H18ClN3O2/c18-15-6-2-1-4-13(15)10-17(22)21-9-3-5-14(11-21)23-16-7-8-19-12-20-16/h1-2,4,6-8,12,14H,3,5,9-11H2. The van der Waals surface area contributed by atoms with Crippen LogP contribution in [0.4, 0.5) is 0 Å². The summed E-state index contributed by atoms with van der Waals surface area (Å²) in [7, 11) is 0. The molecule has 1 amide bonds. The third kappa shape index (κ3) is 4.20. The number of aromatic nitrogens is 2. The summed E-state index contributed by atoms with van der Waals surface area (Å²) in [4.78, 5) is 22.3. The summed E-state index contributed by atoms with van der Waals surface area (Å²) in [5.74, 6) is 0.625. The van der Waals surface area contributed by atoms with Gasteiger partial charge in [-0.15, -0.1) is 0 Å². The third-order valence-electron chi connectivity index (χ3n) is 3.87. The van der Waals surface area contributed by atoms with Crippen LogP contribution in [-0.2, 0) is 11.2 Å². The molecule has 1 aliphatic heterocycles. The van der Waals surface area contributed by atoms with Gasteiger partial charge in [0.05, 0.1) is 13.0 Å². The van der Waals surface area contributed by atoms with E-state index in [9.17, 15) is 4.79 Å². The van der Waals surface area contributed by atoms with Gasteiger partial charge in [-0.1, -0.05) is 29.8 Å². The predicted molar refractivity (Wildman–Crippen MR) is 87.4 cm³/mol. The first-order valence-electron chi connectivity index (χ1n) is 7.66. The van der Waals surface area contributed by atoms with E-state index >= 15 is 0 Å². The highest BCUT2D eigenvalue weighted by atomic mass is 35.5. The molecule has 1 aromatic carbocycles. The Hall–Kier alpha value is -2.14. The van der Waals surface area contributed by atoms with Gasteiger partial charge >= 0.3 is 0 Å². The van der Waals surface area contributed by atoms with Crippen molar-refractivity contribution in [2.24, 2.45) is 0 Å². The van der Waals surface area contributed by atoms with Crippen molar-refractivity contribution in [2.75, 3.05) is 13.1 Å². The number of ether oxygens (including phenoxy) is 1. The molecule has 1 atom stereocenters. The highest BCUT2D eigenvalue weighted by Gasteiger charge is 2.25. The molecule has 3 rings (SSSR count). The summed E-state index contributed by atoms with van der Waals surface area (Å²) < 4.78 is 5.84. The fourth-order valence-corrected chi connectivity index (χ4v) is 2.90. The molecule has 0 N–H and O–H groups in total. The minimum Gasteiger partial charge on any atom is -0.472 e. The Labute approximate surface area is 140 Å². The lowest BCUT2D eigenvalue weighted by molar-refractivity contribution is -0.133. The van der Waals surface area contributed by atoms with Gasteiger partial charge < -0.3 is 9.64 Å². The summed E-state index contributed by atoms with van der Waals surface area (Å²) in [5.41, 5.74) is 0.859. The predicted octanol–water partition coefficient (Wildman–Crippen LogP) is 2.74. The Balaban J connectivity index is 1.59. The first kappa shape index (κ1) is 15.7. The van der Waals surface area contributed by atoms with Crippen LogP contribution >= 0.6 is 11.6 Å². The van der Waals surface area contributed by atoms with Gasteiger partial charge in [-0.25, -0.2) is 9.97 Å². The van der Waals surface area contributed by atoms with E-state index in [2.05, 4.69) is 9.97 Å². The smallest absolute Gasteiger partial charge is 0.227 e. The van der Waals surface area contributed by atoms with Gasteiger partial charge in [0.1, 0.15) is 12.4 Å². The lowest BCUT2D eigenvalue weighted by Crippen LogP contribution is -2.45. The molecule has 1 saturated heterocycles. The van der Waals surface area contributed by atoms with E-state index in [1.165, 1.54) is 6.33 Å². The SMILES string of the molecule is O=C(Cc1ccccc1Cl)N1CCCC(Oc2ccncn2)C1. The Kier molecular flexibility index (Phi) is 5.08. The highest BCUT2D eigenvalue weighted by molar-refractivity contribution is 6.31. The summed E-state index contributed by atoms with van der Waals surface area (Å²) in [6, 6.07) is 9.18. The van der Waals surface area contributed by atoms with Gasteiger partial charge in [0.2, 0.25) is 11.8 Å². The number of halogens is 1. The molecule has 5 nitrogen and oxygen atoms in total. The molecule has 0 spiro atoms. The Morgan fingerprint density at radius 1 is 1.35 bits per heavy atom. The largest absolute Gasteiger partial charge is 0.472 e. The van der Waals surface area contributed by atoms with Crippen LogP contribution in [0.2, 0.25) is 5.02 Å². The zero-order chi connectivity index (χ0) is 16.1. The minimum absolute atomic E-state index is 0.0335. The van der Waals surface area contributed by atoms with E-state index in [4.69, 9.17) is 16.3 Å². The quantitative estimate of drug-likeness (QED) is 0.864. The lowest BCUT2D eigenvalue weighted by atomic mass is 10.1. The van der Waals surface area contributed by atoms with Crippen molar-refractivity contribution < 1.29 is 9.53 Å². The number of benzene rings is 1. The summed E-state index contributed by atoms with van der Waals surface area (Å²) in [5, 5.41) is 0.631. The fourth-order valence-electron chi connectivity index (χ4n) is 2.70. The van der Waals surface area contributed by atoms with E-state index in [1.54, 1.807) is 18.3 Å². The van der Waals surface area contributed by atoms with Crippen LogP contribution < -0.4 is 4.74 Å². The highest BCUT2D eigenvalue weighted by Crippen LogP contribution is 2.19. The second kappa shape index (κ2) is 7.42. The number of hydrogen-bond donors (Lipinski definition) is 0. The van der Waals surface area contributed by atoms with E-state index in [1.807, 2.05) is 23.1 Å². The molecule has 1 unspecified atom stereocenters. The average Bonchev–Trinajstić information content (AvgIpc) is 2.58. The monoisotopic (exact) mass is 331 g/mol. The molecular weight excluding hydrogens is 314 g/mol. The number of carbonyl (C=O) groups excluding carboxylic acids is 1. The second-order valence-electron chi connectivity index (χ2n) is 5.54. The van der Waals surface area contributed by atoms with Gasteiger partial charge in [0.25, 0.3) is 0 Å². The Bertz CT molecular complexity index is 666. The normalized spacial score (nSPS) is 17.8. The van der Waals surface area contributed by atoms with E-state index in [-0.39, 0.29) is 12.0 Å². The second-order valence-corrected chi connectivity index (χ2v) is 5.94. The van der Waals surface area contributed by atoms with Gasteiger partial charge in [-0.05, 0) is 24.5 Å². The molecular formula is C17H18ClN3O2. The Morgan fingerprint density at radius 3 is 3.00 bits per heavy atom. The maximum absolute atomic E-state index is 12.5. The van der Waals surface area contributed by atoms with Gasteiger partial charge in [-0.2, -0.15) is 0 Å². The molecule has 2 heterocycles. The number of carbonyl (C=O) groups is 1. The van der Waals surface area contributed by atoms with Crippen molar-refractivity contribution in [2.45, 2.75) is 25.4 Å². The lowest BCUT2D eigenvalue weighted by Gasteiger charge is -2.32. The minimum atomic E-state index is -0.0335. The number of rotatable bonds is 4. The third-order valence-corrected chi connectivity index (χ3v) is 4.24. The van der Waals surface area contributed by atoms with Gasteiger partial charge in [0, 0.05) is 23.8 Å². The van der Waals surface area contributed by atoms with E-state index in [0.717, 1.165) is 24.9 Å². The topological polar surface area (TPSA) is 55.3 Å². The van der Waals surface area contributed by atoms with Crippen molar-refractivity contribution in [3.63, 3.8) is 0 Å². The molecule has 0 bridgehead atoms. The van der Waals surface area contributed by atoms with E-state index < -0.39 is 0 Å². The zero-order valence-electron chi connectivity index (χ0n) is 12.7. The number of likely N-dealkylation sites (tertiary alicyclic amines) is 1. The molecule has 0 saturated carbocycles. The molecule has 23 heavy (non-hydrogen) atoms. The number of nitrogens with zero attached hydrogens (tertiary/aromatic N) is 3. The van der Waals surface area contributed by atoms with Crippen LogP contribution in [0.5, 0.6) is 5.88 Å². The molecule has 120 valence electrons. The maximum atomic E-state index is 12.5. The fraction of sp³-hybridized carbons (Fsp3) is 0.353. The molecule has 2 aromatic rings. The Morgan fingerprint density at radius 2 is 2.22 bits per heavy atom. The summed E-state index contributed by atoms with van der Waals surface area (Å²) >= 11 is 6.13. The molecule has 1 fully saturated rings. The van der Waals surface area contributed by atoms with Crippen molar-refractivity contribution in [1.82, 2.24) is 14.9 Å². The van der Waals surface area contributed by atoms with Crippen LogP contribution in [0, 0.1) is 0 Å². The van der Waals surface area contributed by atoms with Crippen molar-refractivity contribution >= 4 is 17.5 Å². The zero-order valence-corrected chi connectivity index (χ0v) is 13.4. The van der Waals surface area contributed by atoms with E-state index in [0.29, 0.717) is 23.9 Å².